The largest absolute Gasteiger partial charge is 0.483 e. The van der Waals surface area contributed by atoms with Crippen LogP contribution in [0, 0.1) is 0 Å². The molecule has 0 radical (unpaired) electrons. The Labute approximate surface area is 124 Å². The first-order valence-electron chi connectivity index (χ1n) is 7.43. The Balaban J connectivity index is 1.75. The standard InChI is InChI=1S/C17H20N2O2/c20-17-16(21-13-14-5-2-1-3-6-14)7-4-12-19(17)15-8-10-18-11-9-15/h1-7,12,15,18H,8-11,13H2. The highest BCUT2D eigenvalue weighted by molar-refractivity contribution is 5.20. The highest BCUT2D eigenvalue weighted by atomic mass is 16.5. The van der Waals surface area contributed by atoms with Gasteiger partial charge >= 0.3 is 0 Å². The third kappa shape index (κ3) is 3.34. The number of ether oxygens (including phenoxy) is 1. The number of hydrogen-bond acceptors (Lipinski definition) is 3. The van der Waals surface area contributed by atoms with Gasteiger partial charge in [-0.05, 0) is 43.6 Å². The lowest BCUT2D eigenvalue weighted by molar-refractivity contribution is 0.291. The zero-order valence-corrected chi connectivity index (χ0v) is 12.0. The molecule has 0 atom stereocenters. The Morgan fingerprint density at radius 3 is 2.62 bits per heavy atom. The van der Waals surface area contributed by atoms with Gasteiger partial charge in [-0.15, -0.1) is 0 Å². The smallest absolute Gasteiger partial charge is 0.293 e. The number of nitrogens with one attached hydrogen (secondary N) is 1. The van der Waals surface area contributed by atoms with Crippen molar-refractivity contribution in [3.63, 3.8) is 0 Å². The number of rotatable bonds is 4. The molecule has 2 aromatic rings. The van der Waals surface area contributed by atoms with Crippen LogP contribution in [0.5, 0.6) is 5.75 Å². The van der Waals surface area contributed by atoms with Crippen LogP contribution in [0.15, 0.2) is 53.5 Å². The molecule has 1 aliphatic rings. The van der Waals surface area contributed by atoms with Crippen LogP contribution in [0.2, 0.25) is 0 Å². The van der Waals surface area contributed by atoms with E-state index in [9.17, 15) is 4.79 Å². The van der Waals surface area contributed by atoms with Crippen LogP contribution in [0.1, 0.15) is 24.4 Å². The maximum absolute atomic E-state index is 12.5. The van der Waals surface area contributed by atoms with Crippen molar-refractivity contribution in [3.05, 3.63) is 64.6 Å². The first kappa shape index (κ1) is 13.9. The van der Waals surface area contributed by atoms with Gasteiger partial charge in [-0.1, -0.05) is 30.3 Å². The lowest BCUT2D eigenvalue weighted by Gasteiger charge is -2.25. The molecular weight excluding hydrogens is 264 g/mol. The molecule has 1 aliphatic heterocycles. The summed E-state index contributed by atoms with van der Waals surface area (Å²) in [7, 11) is 0. The van der Waals surface area contributed by atoms with Gasteiger partial charge < -0.3 is 14.6 Å². The van der Waals surface area contributed by atoms with Crippen molar-refractivity contribution in [1.29, 1.82) is 0 Å². The summed E-state index contributed by atoms with van der Waals surface area (Å²) >= 11 is 0. The molecule has 1 aromatic heterocycles. The van der Waals surface area contributed by atoms with Gasteiger partial charge in [-0.2, -0.15) is 0 Å². The van der Waals surface area contributed by atoms with E-state index in [-0.39, 0.29) is 11.6 Å². The third-order valence-corrected chi connectivity index (χ3v) is 3.88. The summed E-state index contributed by atoms with van der Waals surface area (Å²) in [5.41, 5.74) is 1.04. The summed E-state index contributed by atoms with van der Waals surface area (Å²) in [6.45, 7) is 2.35. The van der Waals surface area contributed by atoms with E-state index in [0.29, 0.717) is 12.4 Å². The van der Waals surface area contributed by atoms with E-state index < -0.39 is 0 Å². The highest BCUT2D eigenvalue weighted by Gasteiger charge is 2.17. The molecule has 0 spiro atoms. The van der Waals surface area contributed by atoms with E-state index in [1.54, 1.807) is 6.07 Å². The Kier molecular flexibility index (Phi) is 4.36. The van der Waals surface area contributed by atoms with E-state index in [1.165, 1.54) is 0 Å². The van der Waals surface area contributed by atoms with Crippen LogP contribution < -0.4 is 15.6 Å². The van der Waals surface area contributed by atoms with Crippen LogP contribution in [-0.4, -0.2) is 17.7 Å². The van der Waals surface area contributed by atoms with Crippen LogP contribution in [0.3, 0.4) is 0 Å². The average Bonchev–Trinajstić information content (AvgIpc) is 2.56. The fourth-order valence-electron chi connectivity index (χ4n) is 2.71. The summed E-state index contributed by atoms with van der Waals surface area (Å²) in [5, 5.41) is 3.32. The predicted molar refractivity (Wildman–Crippen MR) is 82.6 cm³/mol. The molecule has 1 aromatic carbocycles. The molecule has 1 N–H and O–H groups in total. The quantitative estimate of drug-likeness (QED) is 0.937. The van der Waals surface area contributed by atoms with Crippen LogP contribution in [0.4, 0.5) is 0 Å². The zero-order chi connectivity index (χ0) is 14.5. The van der Waals surface area contributed by atoms with E-state index in [0.717, 1.165) is 31.5 Å². The molecule has 4 nitrogen and oxygen atoms in total. The highest BCUT2D eigenvalue weighted by Crippen LogP contribution is 2.17. The third-order valence-electron chi connectivity index (χ3n) is 3.88. The molecule has 0 unspecified atom stereocenters. The number of aromatic nitrogens is 1. The van der Waals surface area contributed by atoms with E-state index >= 15 is 0 Å². The second-order valence-corrected chi connectivity index (χ2v) is 5.34. The minimum Gasteiger partial charge on any atom is -0.483 e. The van der Waals surface area contributed by atoms with Gasteiger partial charge in [0.1, 0.15) is 6.61 Å². The maximum Gasteiger partial charge on any atom is 0.293 e. The normalized spacial score (nSPS) is 15.8. The monoisotopic (exact) mass is 284 g/mol. The van der Waals surface area contributed by atoms with Crippen LogP contribution in [0.25, 0.3) is 0 Å². The number of benzene rings is 1. The molecule has 1 saturated heterocycles. The van der Waals surface area contributed by atoms with Gasteiger partial charge in [0.15, 0.2) is 5.75 Å². The van der Waals surface area contributed by atoms with E-state index in [2.05, 4.69) is 5.32 Å². The van der Waals surface area contributed by atoms with Crippen molar-refractivity contribution in [2.75, 3.05) is 13.1 Å². The minimum absolute atomic E-state index is 0.0275. The minimum atomic E-state index is -0.0275. The van der Waals surface area contributed by atoms with Crippen molar-refractivity contribution in [3.8, 4) is 5.75 Å². The first-order valence-corrected chi connectivity index (χ1v) is 7.43. The van der Waals surface area contributed by atoms with Crippen LogP contribution >= 0.6 is 0 Å². The Bertz CT molecular complexity index is 631. The summed E-state index contributed by atoms with van der Waals surface area (Å²) in [5.74, 6) is 0.430. The molecule has 0 bridgehead atoms. The van der Waals surface area contributed by atoms with Crippen molar-refractivity contribution in [2.24, 2.45) is 0 Å². The molecule has 1 fully saturated rings. The second-order valence-electron chi connectivity index (χ2n) is 5.34. The average molecular weight is 284 g/mol. The number of pyridine rings is 1. The molecular formula is C17H20N2O2. The molecule has 4 heteroatoms. The fourth-order valence-corrected chi connectivity index (χ4v) is 2.71. The maximum atomic E-state index is 12.5. The van der Waals surface area contributed by atoms with Crippen molar-refractivity contribution >= 4 is 0 Å². The zero-order valence-electron chi connectivity index (χ0n) is 12.0. The molecule has 3 rings (SSSR count). The topological polar surface area (TPSA) is 43.3 Å². The van der Waals surface area contributed by atoms with Crippen molar-refractivity contribution < 1.29 is 4.74 Å². The first-order chi connectivity index (χ1) is 10.3. The number of hydrogen-bond donors (Lipinski definition) is 1. The lowest BCUT2D eigenvalue weighted by Crippen LogP contribution is -2.34. The summed E-state index contributed by atoms with van der Waals surface area (Å²) in [4.78, 5) is 12.5. The lowest BCUT2D eigenvalue weighted by atomic mass is 10.1. The Morgan fingerprint density at radius 2 is 1.86 bits per heavy atom. The van der Waals surface area contributed by atoms with Crippen molar-refractivity contribution in [1.82, 2.24) is 9.88 Å². The van der Waals surface area contributed by atoms with Gasteiger partial charge in [0.25, 0.3) is 5.56 Å². The predicted octanol–water partition coefficient (Wildman–Crippen LogP) is 2.35. The molecule has 0 saturated carbocycles. The summed E-state index contributed by atoms with van der Waals surface area (Å²) in [6, 6.07) is 13.8. The fraction of sp³-hybridized carbons (Fsp3) is 0.353. The molecule has 0 aliphatic carbocycles. The van der Waals surface area contributed by atoms with Gasteiger partial charge in [0, 0.05) is 12.2 Å². The Hall–Kier alpha value is -2.07. The SMILES string of the molecule is O=c1c(OCc2ccccc2)cccn1C1CCNCC1. The second kappa shape index (κ2) is 6.59. The summed E-state index contributed by atoms with van der Waals surface area (Å²) < 4.78 is 7.53. The van der Waals surface area contributed by atoms with Gasteiger partial charge in [-0.25, -0.2) is 0 Å². The van der Waals surface area contributed by atoms with Gasteiger partial charge in [0.2, 0.25) is 0 Å². The molecule has 0 amide bonds. The number of nitrogens with zero attached hydrogens (tertiary/aromatic N) is 1. The molecule has 110 valence electrons. The molecule has 2 heterocycles. The van der Waals surface area contributed by atoms with Gasteiger partial charge in [-0.3, -0.25) is 4.79 Å². The van der Waals surface area contributed by atoms with Gasteiger partial charge in [0.05, 0.1) is 0 Å². The van der Waals surface area contributed by atoms with Crippen LogP contribution in [-0.2, 0) is 6.61 Å². The van der Waals surface area contributed by atoms with E-state index in [1.807, 2.05) is 47.2 Å². The van der Waals surface area contributed by atoms with E-state index in [4.69, 9.17) is 4.74 Å². The summed E-state index contributed by atoms with van der Waals surface area (Å²) in [6.07, 6.45) is 3.85. The molecule has 21 heavy (non-hydrogen) atoms. The number of piperidine rings is 1. The van der Waals surface area contributed by atoms with Crippen molar-refractivity contribution in [2.45, 2.75) is 25.5 Å². The Morgan fingerprint density at radius 1 is 1.10 bits per heavy atom.